The number of ether oxygens (including phenoxy) is 1. The molecule has 5 nitrogen and oxygen atoms in total. The van der Waals surface area contributed by atoms with Crippen LogP contribution in [-0.4, -0.2) is 54.3 Å². The summed E-state index contributed by atoms with van der Waals surface area (Å²) >= 11 is 0. The lowest BCUT2D eigenvalue weighted by atomic mass is 9.89. The molecule has 0 radical (unpaired) electrons. The van der Waals surface area contributed by atoms with Crippen LogP contribution < -0.4 is 5.32 Å². The van der Waals surface area contributed by atoms with Gasteiger partial charge in [0.2, 0.25) is 5.91 Å². The van der Waals surface area contributed by atoms with Crippen molar-refractivity contribution in [3.05, 3.63) is 29.8 Å². The van der Waals surface area contributed by atoms with Crippen LogP contribution in [0.3, 0.4) is 0 Å². The molecule has 2 atom stereocenters. The predicted octanol–water partition coefficient (Wildman–Crippen LogP) is 1.90. The number of hydrogen-bond donors (Lipinski definition) is 2. The first-order valence-electron chi connectivity index (χ1n) is 8.08. The molecule has 23 heavy (non-hydrogen) atoms. The zero-order chi connectivity index (χ0) is 15.5. The van der Waals surface area contributed by atoms with E-state index in [0.717, 1.165) is 32.5 Å². The number of nitrogens with one attached hydrogen (secondary N) is 1. The summed E-state index contributed by atoms with van der Waals surface area (Å²) in [6.07, 6.45) is 1.88. The minimum Gasteiger partial charge on any atom is -0.508 e. The van der Waals surface area contributed by atoms with E-state index in [4.69, 9.17) is 4.74 Å². The summed E-state index contributed by atoms with van der Waals surface area (Å²) in [4.78, 5) is 14.6. The van der Waals surface area contributed by atoms with Gasteiger partial charge in [-0.2, -0.15) is 0 Å². The summed E-state index contributed by atoms with van der Waals surface area (Å²) in [5.41, 5.74) is 1.25. The van der Waals surface area contributed by atoms with Crippen LogP contribution >= 0.6 is 12.4 Å². The third-order valence-corrected chi connectivity index (χ3v) is 4.75. The number of nitrogens with zero attached hydrogens (tertiary/aromatic N) is 1. The van der Waals surface area contributed by atoms with Crippen LogP contribution in [0.1, 0.15) is 31.2 Å². The third-order valence-electron chi connectivity index (χ3n) is 4.75. The molecule has 0 spiro atoms. The Balaban J connectivity index is 0.00000192. The van der Waals surface area contributed by atoms with Gasteiger partial charge in [0.05, 0.1) is 12.7 Å². The first-order chi connectivity index (χ1) is 10.6. The predicted molar refractivity (Wildman–Crippen MR) is 91.1 cm³/mol. The monoisotopic (exact) mass is 340 g/mol. The van der Waals surface area contributed by atoms with Crippen LogP contribution in [-0.2, 0) is 9.53 Å². The zero-order valence-electron chi connectivity index (χ0n) is 13.4. The fourth-order valence-corrected chi connectivity index (χ4v) is 3.39. The molecule has 0 bridgehead atoms. The Labute approximate surface area is 143 Å². The van der Waals surface area contributed by atoms with Crippen LogP contribution in [0, 0.1) is 0 Å². The van der Waals surface area contributed by atoms with Crippen molar-refractivity contribution in [3.63, 3.8) is 0 Å². The molecule has 3 rings (SSSR count). The summed E-state index contributed by atoms with van der Waals surface area (Å²) < 4.78 is 5.57. The number of phenols is 1. The standard InChI is InChI=1S/C17H24N2O3.ClH/c1-12-16(18-8-11-22-12)17(21)19-9-6-14(7-10-19)13-2-4-15(20)5-3-13;/h2-5,12,14,16,18,20H,6-11H2,1H3;1H/t12-,16+;/m1./s1. The minimum absolute atomic E-state index is 0. The van der Waals surface area contributed by atoms with Crippen molar-refractivity contribution in [2.24, 2.45) is 0 Å². The Hall–Kier alpha value is -1.30. The number of carbonyl (C=O) groups excluding carboxylic acids is 1. The summed E-state index contributed by atoms with van der Waals surface area (Å²) in [5.74, 6) is 0.933. The second-order valence-corrected chi connectivity index (χ2v) is 6.20. The summed E-state index contributed by atoms with van der Waals surface area (Å²) in [5, 5.41) is 12.6. The molecule has 2 heterocycles. The molecule has 0 aromatic heterocycles. The van der Waals surface area contributed by atoms with E-state index in [1.165, 1.54) is 5.56 Å². The number of hydrogen-bond acceptors (Lipinski definition) is 4. The number of benzene rings is 1. The van der Waals surface area contributed by atoms with Gasteiger partial charge in [-0.1, -0.05) is 12.1 Å². The van der Waals surface area contributed by atoms with Gasteiger partial charge in [0.1, 0.15) is 11.8 Å². The van der Waals surface area contributed by atoms with Gasteiger partial charge in [-0.3, -0.25) is 4.79 Å². The van der Waals surface area contributed by atoms with Gasteiger partial charge in [-0.15, -0.1) is 12.4 Å². The van der Waals surface area contributed by atoms with Crippen molar-refractivity contribution in [3.8, 4) is 5.75 Å². The van der Waals surface area contributed by atoms with Crippen molar-refractivity contribution in [1.29, 1.82) is 0 Å². The molecule has 2 fully saturated rings. The maximum absolute atomic E-state index is 12.6. The molecule has 0 aliphatic carbocycles. The highest BCUT2D eigenvalue weighted by atomic mass is 35.5. The van der Waals surface area contributed by atoms with E-state index in [9.17, 15) is 9.90 Å². The molecule has 2 aliphatic rings. The Kier molecular flexibility index (Phi) is 6.27. The topological polar surface area (TPSA) is 61.8 Å². The minimum atomic E-state index is -0.209. The quantitative estimate of drug-likeness (QED) is 0.863. The summed E-state index contributed by atoms with van der Waals surface area (Å²) in [6, 6.07) is 7.22. The van der Waals surface area contributed by atoms with Gasteiger partial charge in [0.25, 0.3) is 0 Å². The van der Waals surface area contributed by atoms with Crippen LogP contribution in [0.5, 0.6) is 5.75 Å². The largest absolute Gasteiger partial charge is 0.508 e. The fraction of sp³-hybridized carbons (Fsp3) is 0.588. The molecule has 2 N–H and O–H groups in total. The highest BCUT2D eigenvalue weighted by molar-refractivity contribution is 5.85. The lowest BCUT2D eigenvalue weighted by Gasteiger charge is -2.37. The SMILES string of the molecule is C[C@H]1OCCN[C@@H]1C(=O)N1CCC(c2ccc(O)cc2)CC1.Cl. The van der Waals surface area contributed by atoms with Gasteiger partial charge in [-0.25, -0.2) is 0 Å². The molecule has 1 aromatic carbocycles. The van der Waals surface area contributed by atoms with E-state index < -0.39 is 0 Å². The first kappa shape index (κ1) is 18.0. The number of halogens is 1. The van der Waals surface area contributed by atoms with E-state index in [-0.39, 0.29) is 30.5 Å². The Morgan fingerprint density at radius 2 is 1.91 bits per heavy atom. The average Bonchev–Trinajstić information content (AvgIpc) is 2.56. The van der Waals surface area contributed by atoms with Gasteiger partial charge in [0.15, 0.2) is 0 Å². The molecule has 1 aromatic rings. The van der Waals surface area contributed by atoms with Gasteiger partial charge < -0.3 is 20.1 Å². The lowest BCUT2D eigenvalue weighted by molar-refractivity contribution is -0.140. The number of amides is 1. The maximum atomic E-state index is 12.6. The zero-order valence-corrected chi connectivity index (χ0v) is 14.2. The molecule has 2 aliphatic heterocycles. The van der Waals surface area contributed by atoms with E-state index in [2.05, 4.69) is 5.32 Å². The van der Waals surface area contributed by atoms with Crippen molar-refractivity contribution in [2.75, 3.05) is 26.2 Å². The Morgan fingerprint density at radius 1 is 1.26 bits per heavy atom. The van der Waals surface area contributed by atoms with Gasteiger partial charge >= 0.3 is 0 Å². The summed E-state index contributed by atoms with van der Waals surface area (Å²) in [6.45, 7) is 4.95. The maximum Gasteiger partial charge on any atom is 0.242 e. The number of carbonyl (C=O) groups is 1. The smallest absolute Gasteiger partial charge is 0.242 e. The molecule has 0 saturated carbocycles. The van der Waals surface area contributed by atoms with Crippen LogP contribution in [0.15, 0.2) is 24.3 Å². The normalized spacial score (nSPS) is 25.7. The number of piperidine rings is 1. The van der Waals surface area contributed by atoms with E-state index in [0.29, 0.717) is 18.3 Å². The molecular weight excluding hydrogens is 316 g/mol. The molecule has 0 unspecified atom stereocenters. The second kappa shape index (κ2) is 7.99. The molecule has 2 saturated heterocycles. The van der Waals surface area contributed by atoms with Gasteiger partial charge in [0, 0.05) is 19.6 Å². The average molecular weight is 341 g/mol. The van der Waals surface area contributed by atoms with Crippen molar-refractivity contribution in [1.82, 2.24) is 10.2 Å². The van der Waals surface area contributed by atoms with Crippen LogP contribution in [0.2, 0.25) is 0 Å². The number of likely N-dealkylation sites (tertiary alicyclic amines) is 1. The highest BCUT2D eigenvalue weighted by Crippen LogP contribution is 2.29. The molecular formula is C17H25ClN2O3. The number of rotatable bonds is 2. The van der Waals surface area contributed by atoms with Gasteiger partial charge in [-0.05, 0) is 43.4 Å². The lowest BCUT2D eigenvalue weighted by Crippen LogP contribution is -2.57. The van der Waals surface area contributed by atoms with Crippen LogP contribution in [0.25, 0.3) is 0 Å². The Bertz CT molecular complexity index is 515. The van der Waals surface area contributed by atoms with E-state index in [1.807, 2.05) is 24.0 Å². The second-order valence-electron chi connectivity index (χ2n) is 6.20. The van der Waals surface area contributed by atoms with Crippen molar-refractivity contribution >= 4 is 18.3 Å². The van der Waals surface area contributed by atoms with E-state index >= 15 is 0 Å². The third kappa shape index (κ3) is 4.16. The summed E-state index contributed by atoms with van der Waals surface area (Å²) in [7, 11) is 0. The molecule has 128 valence electrons. The highest BCUT2D eigenvalue weighted by Gasteiger charge is 2.33. The fourth-order valence-electron chi connectivity index (χ4n) is 3.39. The number of phenolic OH excluding ortho intramolecular Hbond substituents is 1. The molecule has 1 amide bonds. The molecule has 6 heteroatoms. The van der Waals surface area contributed by atoms with Crippen LogP contribution in [0.4, 0.5) is 0 Å². The first-order valence-corrected chi connectivity index (χ1v) is 8.08. The Morgan fingerprint density at radius 3 is 2.52 bits per heavy atom. The van der Waals surface area contributed by atoms with Crippen molar-refractivity contribution in [2.45, 2.75) is 37.8 Å². The number of morpholine rings is 1. The number of aromatic hydroxyl groups is 1. The van der Waals surface area contributed by atoms with Crippen molar-refractivity contribution < 1.29 is 14.6 Å². The van der Waals surface area contributed by atoms with E-state index in [1.54, 1.807) is 12.1 Å².